The van der Waals surface area contributed by atoms with Crippen LogP contribution in [0.4, 0.5) is 0 Å². The molecule has 1 aliphatic heterocycles. The van der Waals surface area contributed by atoms with Gasteiger partial charge >= 0.3 is 0 Å². The van der Waals surface area contributed by atoms with Crippen molar-refractivity contribution in [1.29, 1.82) is 0 Å². The zero-order valence-corrected chi connectivity index (χ0v) is 17.6. The van der Waals surface area contributed by atoms with Crippen LogP contribution in [0.25, 0.3) is 0 Å². The molecule has 2 atom stereocenters. The van der Waals surface area contributed by atoms with Gasteiger partial charge in [0.1, 0.15) is 0 Å². The number of aliphatic hydroxyl groups excluding tert-OH is 1. The Kier molecular flexibility index (Phi) is 7.48. The van der Waals surface area contributed by atoms with Crippen LogP contribution in [0.3, 0.4) is 0 Å². The van der Waals surface area contributed by atoms with Crippen molar-refractivity contribution < 1.29 is 24.1 Å². The summed E-state index contributed by atoms with van der Waals surface area (Å²) in [5, 5.41) is 20.3. The predicted molar refractivity (Wildman–Crippen MR) is 98.5 cm³/mol. The molecule has 0 aromatic heterocycles. The van der Waals surface area contributed by atoms with Crippen LogP contribution in [0.2, 0.25) is 18.1 Å². The third kappa shape index (κ3) is 6.07. The van der Waals surface area contributed by atoms with Gasteiger partial charge in [0.2, 0.25) is 0 Å². The SMILES string of the molecule is CC1(CC[C@@H](CCO[Si](C)(C)C(C)(C)C)[C@](C)(O)CO)OCCO1. The van der Waals surface area contributed by atoms with Crippen molar-refractivity contribution in [2.75, 3.05) is 26.4 Å². The van der Waals surface area contributed by atoms with Gasteiger partial charge in [-0.1, -0.05) is 20.8 Å². The molecule has 0 saturated carbocycles. The third-order valence-electron chi connectivity index (χ3n) is 5.78. The summed E-state index contributed by atoms with van der Waals surface area (Å²) < 4.78 is 17.5. The summed E-state index contributed by atoms with van der Waals surface area (Å²) in [6, 6.07) is 0. The van der Waals surface area contributed by atoms with E-state index in [1.807, 2.05) is 6.92 Å². The average Bonchev–Trinajstić information content (AvgIpc) is 2.88. The van der Waals surface area contributed by atoms with Crippen LogP contribution in [-0.4, -0.2) is 56.3 Å². The first kappa shape index (κ1) is 22.1. The summed E-state index contributed by atoms with van der Waals surface area (Å²) in [5.74, 6) is -0.624. The molecule has 5 nitrogen and oxygen atoms in total. The van der Waals surface area contributed by atoms with E-state index >= 15 is 0 Å². The topological polar surface area (TPSA) is 68.2 Å². The molecular formula is C18H38O5Si. The van der Waals surface area contributed by atoms with Gasteiger partial charge in [0, 0.05) is 13.0 Å². The lowest BCUT2D eigenvalue weighted by molar-refractivity contribution is -0.154. The zero-order valence-electron chi connectivity index (χ0n) is 16.6. The van der Waals surface area contributed by atoms with Gasteiger partial charge in [0.15, 0.2) is 14.1 Å². The van der Waals surface area contributed by atoms with Crippen LogP contribution in [0.5, 0.6) is 0 Å². The lowest BCUT2D eigenvalue weighted by atomic mass is 9.83. The molecule has 1 heterocycles. The van der Waals surface area contributed by atoms with E-state index in [0.717, 1.165) is 12.8 Å². The number of aliphatic hydroxyl groups is 2. The molecule has 2 N–H and O–H groups in total. The maximum atomic E-state index is 10.6. The van der Waals surface area contributed by atoms with Crippen molar-refractivity contribution in [3.63, 3.8) is 0 Å². The minimum atomic E-state index is -1.80. The first-order valence-corrected chi connectivity index (χ1v) is 12.0. The highest BCUT2D eigenvalue weighted by molar-refractivity contribution is 6.74. The van der Waals surface area contributed by atoms with E-state index in [4.69, 9.17) is 13.9 Å². The third-order valence-corrected chi connectivity index (χ3v) is 10.3. The second-order valence-corrected chi connectivity index (χ2v) is 13.8. The van der Waals surface area contributed by atoms with Crippen LogP contribution in [0.15, 0.2) is 0 Å². The van der Waals surface area contributed by atoms with Crippen molar-refractivity contribution in [2.45, 2.75) is 83.4 Å². The summed E-state index contributed by atoms with van der Waals surface area (Å²) in [5.41, 5.74) is -1.12. The van der Waals surface area contributed by atoms with Crippen LogP contribution < -0.4 is 0 Å². The van der Waals surface area contributed by atoms with Gasteiger partial charge in [-0.2, -0.15) is 0 Å². The monoisotopic (exact) mass is 362 g/mol. The van der Waals surface area contributed by atoms with E-state index in [1.54, 1.807) is 6.92 Å². The first-order chi connectivity index (χ1) is 10.8. The fraction of sp³-hybridized carbons (Fsp3) is 1.00. The number of hydrogen-bond acceptors (Lipinski definition) is 5. The predicted octanol–water partition coefficient (Wildman–Crippen LogP) is 3.30. The Morgan fingerprint density at radius 3 is 2.12 bits per heavy atom. The molecule has 1 aliphatic rings. The molecule has 144 valence electrons. The molecule has 0 bridgehead atoms. The highest BCUT2D eigenvalue weighted by atomic mass is 28.4. The standard InChI is InChI=1S/C18H38O5Si/c1-16(2,3)24(6,7)23-11-9-15(17(4,20)14-19)8-10-18(5)21-12-13-22-18/h15,19-20H,8-14H2,1-7H3/t15-,17+/m0/s1. The molecule has 24 heavy (non-hydrogen) atoms. The molecule has 0 aliphatic carbocycles. The van der Waals surface area contributed by atoms with E-state index in [2.05, 4.69) is 33.9 Å². The van der Waals surface area contributed by atoms with Crippen molar-refractivity contribution in [3.8, 4) is 0 Å². The van der Waals surface area contributed by atoms with Crippen LogP contribution in [0, 0.1) is 5.92 Å². The molecule has 0 spiro atoms. The smallest absolute Gasteiger partial charge is 0.191 e. The van der Waals surface area contributed by atoms with Gasteiger partial charge in [0.25, 0.3) is 0 Å². The molecular weight excluding hydrogens is 324 g/mol. The largest absolute Gasteiger partial charge is 0.417 e. The Morgan fingerprint density at radius 2 is 1.67 bits per heavy atom. The van der Waals surface area contributed by atoms with Crippen LogP contribution >= 0.6 is 0 Å². The second-order valence-electron chi connectivity index (χ2n) is 8.98. The zero-order chi connectivity index (χ0) is 18.6. The molecule has 0 aromatic rings. The van der Waals surface area contributed by atoms with Crippen LogP contribution in [0.1, 0.15) is 53.9 Å². The summed E-state index contributed by atoms with van der Waals surface area (Å²) in [7, 11) is -1.80. The highest BCUT2D eigenvalue weighted by Gasteiger charge is 2.39. The van der Waals surface area contributed by atoms with Crippen LogP contribution in [-0.2, 0) is 13.9 Å². The Balaban J connectivity index is 2.60. The Labute approximate surface area is 148 Å². The van der Waals surface area contributed by atoms with E-state index in [1.165, 1.54) is 0 Å². The van der Waals surface area contributed by atoms with Crippen molar-refractivity contribution in [1.82, 2.24) is 0 Å². The molecule has 0 unspecified atom stereocenters. The lowest BCUT2D eigenvalue weighted by Crippen LogP contribution is -2.43. The van der Waals surface area contributed by atoms with Gasteiger partial charge in [-0.15, -0.1) is 0 Å². The molecule has 0 amide bonds. The molecule has 0 aromatic carbocycles. The van der Waals surface area contributed by atoms with Gasteiger partial charge in [-0.3, -0.25) is 0 Å². The minimum absolute atomic E-state index is 0.0584. The quantitative estimate of drug-likeness (QED) is 0.616. The number of rotatable bonds is 9. The summed E-state index contributed by atoms with van der Waals surface area (Å²) in [6.07, 6.45) is 2.15. The maximum Gasteiger partial charge on any atom is 0.191 e. The lowest BCUT2D eigenvalue weighted by Gasteiger charge is -2.38. The normalized spacial score (nSPS) is 22.4. The summed E-state index contributed by atoms with van der Waals surface area (Å²) in [6.45, 7) is 16.3. The molecule has 1 rings (SSSR count). The number of hydrogen-bond donors (Lipinski definition) is 2. The fourth-order valence-corrected chi connectivity index (χ4v) is 3.77. The van der Waals surface area contributed by atoms with E-state index < -0.39 is 19.7 Å². The molecule has 6 heteroatoms. The first-order valence-electron chi connectivity index (χ1n) is 9.08. The van der Waals surface area contributed by atoms with Gasteiger partial charge in [0.05, 0.1) is 25.4 Å². The van der Waals surface area contributed by atoms with Gasteiger partial charge in [-0.05, 0) is 50.7 Å². The van der Waals surface area contributed by atoms with E-state index in [-0.39, 0.29) is 17.6 Å². The Morgan fingerprint density at radius 1 is 1.12 bits per heavy atom. The van der Waals surface area contributed by atoms with E-state index in [0.29, 0.717) is 26.2 Å². The number of ether oxygens (including phenoxy) is 2. The van der Waals surface area contributed by atoms with Crippen molar-refractivity contribution >= 4 is 8.32 Å². The highest BCUT2D eigenvalue weighted by Crippen LogP contribution is 2.37. The van der Waals surface area contributed by atoms with Gasteiger partial charge in [-0.25, -0.2) is 0 Å². The Bertz CT molecular complexity index is 383. The summed E-state index contributed by atoms with van der Waals surface area (Å²) >= 11 is 0. The summed E-state index contributed by atoms with van der Waals surface area (Å²) in [4.78, 5) is 0. The Hall–Kier alpha value is 0.0169. The van der Waals surface area contributed by atoms with E-state index in [9.17, 15) is 10.2 Å². The minimum Gasteiger partial charge on any atom is -0.417 e. The average molecular weight is 363 g/mol. The molecule has 1 fully saturated rings. The maximum absolute atomic E-state index is 10.6. The molecule has 0 radical (unpaired) electrons. The van der Waals surface area contributed by atoms with Gasteiger partial charge < -0.3 is 24.1 Å². The van der Waals surface area contributed by atoms with Crippen molar-refractivity contribution in [2.24, 2.45) is 5.92 Å². The fourth-order valence-electron chi connectivity index (χ4n) is 2.71. The van der Waals surface area contributed by atoms with Crippen molar-refractivity contribution in [3.05, 3.63) is 0 Å². The second kappa shape index (κ2) is 8.14. The molecule has 1 saturated heterocycles.